The highest BCUT2D eigenvalue weighted by atomic mass is 16.5. The third kappa shape index (κ3) is 3.55. The minimum absolute atomic E-state index is 0.278. The van der Waals surface area contributed by atoms with Crippen LogP contribution in [0.1, 0.15) is 34.4 Å². The fourth-order valence-electron chi connectivity index (χ4n) is 2.69. The molecule has 3 aromatic rings. The van der Waals surface area contributed by atoms with E-state index >= 15 is 0 Å². The van der Waals surface area contributed by atoms with E-state index in [0.29, 0.717) is 17.1 Å². The third-order valence-electron chi connectivity index (χ3n) is 4.08. The predicted molar refractivity (Wildman–Crippen MR) is 98.4 cm³/mol. The van der Waals surface area contributed by atoms with Gasteiger partial charge in [0, 0.05) is 0 Å². The van der Waals surface area contributed by atoms with Crippen LogP contribution in [0.25, 0.3) is 10.8 Å². The van der Waals surface area contributed by atoms with Gasteiger partial charge in [0.05, 0.1) is 18.4 Å². The van der Waals surface area contributed by atoms with E-state index in [4.69, 9.17) is 9.15 Å². The molecule has 0 aliphatic rings. The summed E-state index contributed by atoms with van der Waals surface area (Å²) in [5.74, 6) is 1.83. The molecule has 0 bridgehead atoms. The summed E-state index contributed by atoms with van der Waals surface area (Å²) in [5.41, 5.74) is 4.75. The number of hydrogen-bond acceptors (Lipinski definition) is 4. The number of ether oxygens (including phenoxy) is 1. The van der Waals surface area contributed by atoms with E-state index in [1.165, 1.54) is 0 Å². The third-order valence-corrected chi connectivity index (χ3v) is 4.08. The number of hydrogen-bond donors (Lipinski definition) is 1. The van der Waals surface area contributed by atoms with Gasteiger partial charge in [0.15, 0.2) is 0 Å². The Morgan fingerprint density at radius 2 is 1.80 bits per heavy atom. The summed E-state index contributed by atoms with van der Waals surface area (Å²) < 4.78 is 10.6. The number of aryl methyl sites for hydroxylation is 2. The molecule has 0 saturated heterocycles. The molecule has 0 spiro atoms. The van der Waals surface area contributed by atoms with Crippen molar-refractivity contribution < 1.29 is 13.9 Å². The Bertz CT molecular complexity index is 970. The number of nitrogens with one attached hydrogen (secondary N) is 1. The van der Waals surface area contributed by atoms with Crippen molar-refractivity contribution in [1.29, 1.82) is 0 Å². The van der Waals surface area contributed by atoms with Crippen molar-refractivity contribution in [1.82, 2.24) is 5.43 Å². The number of nitrogens with zero attached hydrogens (tertiary/aromatic N) is 1. The second-order valence-corrected chi connectivity index (χ2v) is 5.89. The summed E-state index contributed by atoms with van der Waals surface area (Å²) in [7, 11) is 1.65. The number of hydrazone groups is 1. The Labute approximate surface area is 146 Å². The van der Waals surface area contributed by atoms with Crippen molar-refractivity contribution in [3.05, 3.63) is 65.1 Å². The maximum Gasteiger partial charge on any atom is 0.274 e. The van der Waals surface area contributed by atoms with Crippen molar-refractivity contribution >= 4 is 22.4 Å². The van der Waals surface area contributed by atoms with Gasteiger partial charge in [-0.1, -0.05) is 18.2 Å². The molecule has 1 N–H and O–H groups in total. The van der Waals surface area contributed by atoms with Gasteiger partial charge in [-0.25, -0.2) is 5.43 Å². The molecule has 0 aliphatic heterocycles. The summed E-state index contributed by atoms with van der Waals surface area (Å²) >= 11 is 0. The second-order valence-electron chi connectivity index (χ2n) is 5.89. The fourth-order valence-corrected chi connectivity index (χ4v) is 2.69. The van der Waals surface area contributed by atoms with Crippen LogP contribution in [0.3, 0.4) is 0 Å². The van der Waals surface area contributed by atoms with Crippen LogP contribution in [0, 0.1) is 13.8 Å². The minimum atomic E-state index is -0.278. The van der Waals surface area contributed by atoms with Crippen LogP contribution >= 0.6 is 0 Å². The van der Waals surface area contributed by atoms with Crippen LogP contribution in [-0.4, -0.2) is 18.7 Å². The number of rotatable bonds is 4. The average Bonchev–Trinajstić information content (AvgIpc) is 2.96. The van der Waals surface area contributed by atoms with Gasteiger partial charge in [-0.05, 0) is 61.4 Å². The molecule has 128 valence electrons. The number of furan rings is 1. The van der Waals surface area contributed by atoms with Gasteiger partial charge < -0.3 is 9.15 Å². The molecule has 3 rings (SSSR count). The molecule has 0 atom stereocenters. The van der Waals surface area contributed by atoms with Crippen molar-refractivity contribution in [2.75, 3.05) is 7.11 Å². The van der Waals surface area contributed by atoms with Crippen molar-refractivity contribution in [3.63, 3.8) is 0 Å². The zero-order valence-electron chi connectivity index (χ0n) is 14.7. The molecule has 1 aromatic heterocycles. The van der Waals surface area contributed by atoms with Gasteiger partial charge in [0.25, 0.3) is 5.91 Å². The molecule has 0 unspecified atom stereocenters. The summed E-state index contributed by atoms with van der Waals surface area (Å²) in [5, 5.41) is 6.38. The first kappa shape index (κ1) is 16.8. The van der Waals surface area contributed by atoms with Gasteiger partial charge in [0.2, 0.25) is 0 Å². The first-order valence-corrected chi connectivity index (χ1v) is 7.98. The molecule has 25 heavy (non-hydrogen) atoms. The lowest BCUT2D eigenvalue weighted by Gasteiger charge is -2.06. The molecule has 0 aliphatic carbocycles. The predicted octanol–water partition coefficient (Wildman–Crippen LogP) is 4.21. The molecule has 0 saturated carbocycles. The van der Waals surface area contributed by atoms with Crippen LogP contribution in [0.5, 0.6) is 5.75 Å². The van der Waals surface area contributed by atoms with E-state index in [9.17, 15) is 4.79 Å². The highest BCUT2D eigenvalue weighted by Gasteiger charge is 2.13. The molecule has 5 heteroatoms. The highest BCUT2D eigenvalue weighted by molar-refractivity contribution is 6.03. The Balaban J connectivity index is 1.81. The number of carbonyl (C=O) groups excluding carboxylic acids is 1. The lowest BCUT2D eigenvalue weighted by molar-refractivity contribution is 0.0953. The first-order valence-electron chi connectivity index (χ1n) is 7.98. The highest BCUT2D eigenvalue weighted by Crippen LogP contribution is 2.22. The van der Waals surface area contributed by atoms with Gasteiger partial charge in [-0.3, -0.25) is 4.79 Å². The second kappa shape index (κ2) is 6.81. The first-order chi connectivity index (χ1) is 12.0. The number of fused-ring (bicyclic) bond motifs is 1. The molecular weight excluding hydrogens is 316 g/mol. The van der Waals surface area contributed by atoms with Crippen LogP contribution in [0.4, 0.5) is 0 Å². The Hall–Kier alpha value is -3.08. The monoisotopic (exact) mass is 336 g/mol. The number of carbonyl (C=O) groups is 1. The minimum Gasteiger partial charge on any atom is -0.497 e. The molecular formula is C20H20N2O3. The fraction of sp³-hybridized carbons (Fsp3) is 0.200. The van der Waals surface area contributed by atoms with E-state index in [0.717, 1.165) is 27.8 Å². The zero-order chi connectivity index (χ0) is 18.0. The number of amides is 1. The molecule has 0 fully saturated rings. The van der Waals surface area contributed by atoms with Crippen LogP contribution in [-0.2, 0) is 0 Å². The molecule has 0 radical (unpaired) electrons. The maximum absolute atomic E-state index is 12.2. The number of benzene rings is 2. The van der Waals surface area contributed by atoms with Crippen molar-refractivity contribution in [2.24, 2.45) is 5.10 Å². The summed E-state index contributed by atoms with van der Waals surface area (Å²) in [6.07, 6.45) is 0. The van der Waals surface area contributed by atoms with E-state index in [1.807, 2.05) is 50.2 Å². The molecule has 5 nitrogen and oxygen atoms in total. The lowest BCUT2D eigenvalue weighted by atomic mass is 10.0. The Morgan fingerprint density at radius 1 is 1.08 bits per heavy atom. The Morgan fingerprint density at radius 3 is 2.48 bits per heavy atom. The van der Waals surface area contributed by atoms with E-state index < -0.39 is 0 Å². The van der Waals surface area contributed by atoms with E-state index in [1.54, 1.807) is 20.1 Å². The normalized spacial score (nSPS) is 11.6. The maximum atomic E-state index is 12.2. The molecule has 1 heterocycles. The van der Waals surface area contributed by atoms with E-state index in [-0.39, 0.29) is 5.91 Å². The van der Waals surface area contributed by atoms with Gasteiger partial charge in [-0.15, -0.1) is 0 Å². The van der Waals surface area contributed by atoms with Gasteiger partial charge >= 0.3 is 0 Å². The van der Waals surface area contributed by atoms with Crippen molar-refractivity contribution in [2.45, 2.75) is 20.8 Å². The standard InChI is InChI=1S/C20H20N2O3/c1-12-9-19(14(3)25-12)20(23)22-21-13(2)15-5-6-17-11-18(24-4)8-7-16(17)10-15/h5-11H,1-4H3,(H,22,23)/b21-13+. The Kier molecular flexibility index (Phi) is 4.57. The van der Waals surface area contributed by atoms with Gasteiger partial charge in [0.1, 0.15) is 17.3 Å². The summed E-state index contributed by atoms with van der Waals surface area (Å²) in [6.45, 7) is 5.43. The quantitative estimate of drug-likeness (QED) is 0.573. The van der Waals surface area contributed by atoms with Crippen LogP contribution in [0.2, 0.25) is 0 Å². The molecule has 2 aromatic carbocycles. The van der Waals surface area contributed by atoms with Gasteiger partial charge in [-0.2, -0.15) is 5.10 Å². The average molecular weight is 336 g/mol. The number of methoxy groups -OCH3 is 1. The van der Waals surface area contributed by atoms with E-state index in [2.05, 4.69) is 10.5 Å². The smallest absolute Gasteiger partial charge is 0.274 e. The topological polar surface area (TPSA) is 63.8 Å². The SMILES string of the molecule is COc1ccc2cc(/C(C)=N/NC(=O)c3cc(C)oc3C)ccc2c1. The largest absolute Gasteiger partial charge is 0.497 e. The summed E-state index contributed by atoms with van der Waals surface area (Å²) in [6, 6.07) is 13.6. The van der Waals surface area contributed by atoms with Crippen LogP contribution < -0.4 is 10.2 Å². The summed E-state index contributed by atoms with van der Waals surface area (Å²) in [4.78, 5) is 12.2. The van der Waals surface area contributed by atoms with Crippen molar-refractivity contribution in [3.8, 4) is 5.75 Å². The molecule has 1 amide bonds. The lowest BCUT2D eigenvalue weighted by Crippen LogP contribution is -2.19. The van der Waals surface area contributed by atoms with Crippen LogP contribution in [0.15, 0.2) is 52.0 Å². The zero-order valence-corrected chi connectivity index (χ0v) is 14.7.